The van der Waals surface area contributed by atoms with E-state index in [4.69, 9.17) is 33.7 Å². The highest BCUT2D eigenvalue weighted by Crippen LogP contribution is 2.16. The molecule has 0 saturated heterocycles. The van der Waals surface area contributed by atoms with Gasteiger partial charge in [0.2, 0.25) is 0 Å². The average Bonchev–Trinajstić information content (AvgIpc) is 2.47. The third kappa shape index (κ3) is 9.19. The third-order valence-corrected chi connectivity index (χ3v) is 3.46. The number of nitrogens with zero attached hydrogens (tertiary/aromatic N) is 1. The van der Waals surface area contributed by atoms with Gasteiger partial charge in [-0.05, 0) is 38.0 Å². The number of esters is 1. The van der Waals surface area contributed by atoms with Crippen LogP contribution in [0.15, 0.2) is 24.3 Å². The molecule has 0 aliphatic carbocycles. The lowest BCUT2D eigenvalue weighted by Crippen LogP contribution is -2.35. The minimum absolute atomic E-state index is 0. The van der Waals surface area contributed by atoms with E-state index >= 15 is 0 Å². The Labute approximate surface area is 166 Å². The van der Waals surface area contributed by atoms with Gasteiger partial charge in [0, 0.05) is 30.5 Å². The van der Waals surface area contributed by atoms with Gasteiger partial charge in [0.25, 0.3) is 0 Å². The van der Waals surface area contributed by atoms with E-state index in [-0.39, 0.29) is 36.9 Å². The first kappa shape index (κ1) is 25.8. The molecule has 0 amide bonds. The molecule has 4 nitrogen and oxygen atoms in total. The Morgan fingerprint density at radius 1 is 1.12 bits per heavy atom. The zero-order valence-corrected chi connectivity index (χ0v) is 17.1. The molecule has 1 atom stereocenters. The van der Waals surface area contributed by atoms with Crippen molar-refractivity contribution in [2.75, 3.05) is 29.7 Å². The van der Waals surface area contributed by atoms with Crippen LogP contribution < -0.4 is 10.6 Å². The molecule has 0 saturated carbocycles. The molecule has 0 bridgehead atoms. The van der Waals surface area contributed by atoms with Gasteiger partial charge in [-0.25, -0.2) is 0 Å². The van der Waals surface area contributed by atoms with Crippen LogP contribution in [0.3, 0.4) is 0 Å². The number of anilines is 1. The number of nitrogens with two attached hydrogens (primary N) is 1. The smallest absolute Gasteiger partial charge is 0.323 e. The summed E-state index contributed by atoms with van der Waals surface area (Å²) >= 11 is 11.6. The average molecular weight is 420 g/mol. The van der Waals surface area contributed by atoms with E-state index in [1.807, 2.05) is 38.1 Å². The number of alkyl halides is 2. The van der Waals surface area contributed by atoms with Gasteiger partial charge in [0.15, 0.2) is 0 Å². The van der Waals surface area contributed by atoms with E-state index < -0.39 is 6.04 Å². The largest absolute Gasteiger partial charge is 0.462 e. The van der Waals surface area contributed by atoms with Crippen LogP contribution in [-0.4, -0.2) is 43.0 Å². The van der Waals surface area contributed by atoms with Gasteiger partial charge in [-0.2, -0.15) is 0 Å². The van der Waals surface area contributed by atoms with Gasteiger partial charge in [-0.3, -0.25) is 4.79 Å². The number of ether oxygens (including phenoxy) is 1. The first-order valence-corrected chi connectivity index (χ1v) is 8.46. The van der Waals surface area contributed by atoms with E-state index in [1.54, 1.807) is 0 Å². The van der Waals surface area contributed by atoms with Gasteiger partial charge in [-0.1, -0.05) is 12.1 Å². The maximum atomic E-state index is 11.7. The number of carbonyl (C=O) groups is 1. The third-order valence-electron chi connectivity index (χ3n) is 3.12. The SMILES string of the molecule is CC(C)OC(=O)C(N)Cc1ccc(N(CCCl)CCCl)cc1.Cl.Cl. The van der Waals surface area contributed by atoms with Crippen molar-refractivity contribution in [2.45, 2.75) is 32.4 Å². The summed E-state index contributed by atoms with van der Waals surface area (Å²) < 4.78 is 5.11. The molecule has 0 fully saturated rings. The Morgan fingerprint density at radius 2 is 1.62 bits per heavy atom. The van der Waals surface area contributed by atoms with Gasteiger partial charge < -0.3 is 15.4 Å². The summed E-state index contributed by atoms with van der Waals surface area (Å²) in [6.45, 7) is 5.10. The molecule has 2 N–H and O–H groups in total. The highest BCUT2D eigenvalue weighted by Gasteiger charge is 2.17. The van der Waals surface area contributed by atoms with Crippen molar-refractivity contribution in [2.24, 2.45) is 5.73 Å². The van der Waals surface area contributed by atoms with Crippen LogP contribution >= 0.6 is 48.0 Å². The number of hydrogen-bond acceptors (Lipinski definition) is 4. The molecule has 1 unspecified atom stereocenters. The minimum atomic E-state index is -0.643. The molecule has 0 heterocycles. The summed E-state index contributed by atoms with van der Waals surface area (Å²) in [5, 5.41) is 0. The second-order valence-corrected chi connectivity index (χ2v) is 6.08. The van der Waals surface area contributed by atoms with Crippen molar-refractivity contribution in [1.82, 2.24) is 0 Å². The van der Waals surface area contributed by atoms with Crippen LogP contribution in [-0.2, 0) is 16.0 Å². The molecule has 1 aromatic rings. The van der Waals surface area contributed by atoms with Crippen molar-refractivity contribution >= 4 is 59.7 Å². The van der Waals surface area contributed by atoms with Crippen LogP contribution in [0.25, 0.3) is 0 Å². The number of hydrogen-bond donors (Lipinski definition) is 1. The van der Waals surface area contributed by atoms with E-state index in [0.29, 0.717) is 18.2 Å². The Bertz CT molecular complexity index is 452. The molecule has 0 spiro atoms. The monoisotopic (exact) mass is 418 g/mol. The first-order chi connectivity index (χ1) is 10.5. The lowest BCUT2D eigenvalue weighted by molar-refractivity contribution is -0.148. The van der Waals surface area contributed by atoms with E-state index in [1.165, 1.54) is 0 Å². The number of rotatable bonds is 9. The van der Waals surface area contributed by atoms with Crippen LogP contribution in [0.2, 0.25) is 0 Å². The second-order valence-electron chi connectivity index (χ2n) is 5.33. The van der Waals surface area contributed by atoms with E-state index in [9.17, 15) is 4.79 Å². The standard InChI is InChI=1S/C16H24Cl2N2O2.2ClH/c1-12(2)22-16(21)15(19)11-13-3-5-14(6-4-13)20(9-7-17)10-8-18;;/h3-6,12,15H,7-11,19H2,1-2H3;2*1H. The van der Waals surface area contributed by atoms with Crippen molar-refractivity contribution in [3.8, 4) is 0 Å². The highest BCUT2D eigenvalue weighted by atomic mass is 35.5. The molecule has 0 aliphatic rings. The first-order valence-electron chi connectivity index (χ1n) is 7.39. The maximum Gasteiger partial charge on any atom is 0.323 e. The fourth-order valence-electron chi connectivity index (χ4n) is 2.07. The highest BCUT2D eigenvalue weighted by molar-refractivity contribution is 6.18. The molecule has 0 radical (unpaired) electrons. The number of carbonyl (C=O) groups excluding carboxylic acids is 1. The molecule has 140 valence electrons. The summed E-state index contributed by atoms with van der Waals surface area (Å²) in [5.74, 6) is 0.722. The molecule has 8 heteroatoms. The quantitative estimate of drug-likeness (QED) is 0.490. The molecule has 0 aromatic heterocycles. The van der Waals surface area contributed by atoms with Gasteiger partial charge >= 0.3 is 5.97 Å². The zero-order valence-electron chi connectivity index (χ0n) is 13.9. The minimum Gasteiger partial charge on any atom is -0.462 e. The van der Waals surface area contributed by atoms with Gasteiger partial charge in [0.1, 0.15) is 6.04 Å². The predicted octanol–water partition coefficient (Wildman–Crippen LogP) is 3.64. The molecular weight excluding hydrogens is 394 g/mol. The normalized spacial score (nSPS) is 11.2. The summed E-state index contributed by atoms with van der Waals surface area (Å²) in [6, 6.07) is 7.28. The van der Waals surface area contributed by atoms with Crippen molar-refractivity contribution in [1.29, 1.82) is 0 Å². The Kier molecular flexibility index (Phi) is 14.9. The Balaban J connectivity index is 0. The lowest BCUT2D eigenvalue weighted by Gasteiger charge is -2.23. The predicted molar refractivity (Wildman–Crippen MR) is 107 cm³/mol. The number of halogens is 4. The molecule has 1 rings (SSSR count). The summed E-state index contributed by atoms with van der Waals surface area (Å²) in [6.07, 6.45) is 0.303. The maximum absolute atomic E-state index is 11.7. The fraction of sp³-hybridized carbons (Fsp3) is 0.562. The van der Waals surface area contributed by atoms with E-state index in [2.05, 4.69) is 4.90 Å². The second kappa shape index (κ2) is 13.9. The number of benzene rings is 1. The summed E-state index contributed by atoms with van der Waals surface area (Å²) in [5.41, 5.74) is 7.92. The van der Waals surface area contributed by atoms with Crippen molar-refractivity contribution in [3.05, 3.63) is 29.8 Å². The van der Waals surface area contributed by atoms with Crippen LogP contribution in [0.4, 0.5) is 5.69 Å². The fourth-order valence-corrected chi connectivity index (χ4v) is 2.48. The molecular formula is C16H26Cl4N2O2. The van der Waals surface area contributed by atoms with Gasteiger partial charge in [-0.15, -0.1) is 48.0 Å². The van der Waals surface area contributed by atoms with Crippen LogP contribution in [0.1, 0.15) is 19.4 Å². The van der Waals surface area contributed by atoms with Crippen LogP contribution in [0, 0.1) is 0 Å². The molecule has 1 aromatic carbocycles. The topological polar surface area (TPSA) is 55.6 Å². The van der Waals surface area contributed by atoms with Crippen molar-refractivity contribution in [3.63, 3.8) is 0 Å². The Hall–Kier alpha value is -0.390. The molecule has 0 aliphatic heterocycles. The van der Waals surface area contributed by atoms with E-state index in [0.717, 1.165) is 24.3 Å². The van der Waals surface area contributed by atoms with Gasteiger partial charge in [0.05, 0.1) is 6.10 Å². The van der Waals surface area contributed by atoms with Crippen LogP contribution in [0.5, 0.6) is 0 Å². The Morgan fingerprint density at radius 3 is 2.04 bits per heavy atom. The summed E-state index contributed by atoms with van der Waals surface area (Å²) in [4.78, 5) is 13.8. The lowest BCUT2D eigenvalue weighted by atomic mass is 10.1. The molecule has 24 heavy (non-hydrogen) atoms. The zero-order chi connectivity index (χ0) is 16.5. The van der Waals surface area contributed by atoms with Crippen molar-refractivity contribution < 1.29 is 9.53 Å². The summed E-state index contributed by atoms with van der Waals surface area (Å²) in [7, 11) is 0.